The highest BCUT2D eigenvalue weighted by Crippen LogP contribution is 2.14. The fraction of sp³-hybridized carbons (Fsp3) is 0.222. The van der Waals surface area contributed by atoms with Gasteiger partial charge in [0, 0.05) is 0 Å². The maximum absolute atomic E-state index is 11.9. The van der Waals surface area contributed by atoms with Crippen LogP contribution in [0.15, 0.2) is 29.1 Å². The van der Waals surface area contributed by atoms with Gasteiger partial charge in [-0.2, -0.15) is 0 Å². The van der Waals surface area contributed by atoms with Crippen molar-refractivity contribution in [1.82, 2.24) is 9.13 Å². The molecule has 0 spiro atoms. The minimum absolute atomic E-state index is 0.0787. The van der Waals surface area contributed by atoms with Gasteiger partial charge in [0.2, 0.25) is 0 Å². The quantitative estimate of drug-likeness (QED) is 0.549. The molecule has 0 bridgehead atoms. The molecule has 2 rings (SSSR count). The Morgan fingerprint density at radius 2 is 1.43 bits per heavy atom. The molecule has 0 aliphatic heterocycles. The fourth-order valence-corrected chi connectivity index (χ4v) is 2.82. The van der Waals surface area contributed by atoms with Gasteiger partial charge in [-0.3, -0.25) is 9.13 Å². The third-order valence-corrected chi connectivity index (χ3v) is 3.53. The van der Waals surface area contributed by atoms with Crippen molar-refractivity contribution >= 4 is 56.2 Å². The lowest BCUT2D eigenvalue weighted by Gasteiger charge is -1.94. The number of aromatic nitrogens is 2. The molecule has 74 valence electrons. The summed E-state index contributed by atoms with van der Waals surface area (Å²) in [7, 11) is 0. The first-order valence-corrected chi connectivity index (χ1v) is 7.14. The molecule has 0 aliphatic carbocycles. The topological polar surface area (TPSA) is 26.9 Å². The lowest BCUT2D eigenvalue weighted by Crippen LogP contribution is -2.21. The monoisotopic (exact) mass is 414 g/mol. The lowest BCUT2D eigenvalue weighted by molar-refractivity contribution is 0.795. The molecule has 0 unspecified atom stereocenters. The number of fused-ring (bicyclic) bond motifs is 1. The zero-order valence-electron chi connectivity index (χ0n) is 7.28. The van der Waals surface area contributed by atoms with Crippen LogP contribution in [0.25, 0.3) is 11.0 Å². The normalized spacial score (nSPS) is 11.0. The summed E-state index contributed by atoms with van der Waals surface area (Å²) in [5.74, 6) is 0. The van der Waals surface area contributed by atoms with Crippen molar-refractivity contribution in [2.75, 3.05) is 0 Å². The molecule has 3 nitrogen and oxygen atoms in total. The van der Waals surface area contributed by atoms with Crippen molar-refractivity contribution in [2.24, 2.45) is 0 Å². The van der Waals surface area contributed by atoms with Crippen molar-refractivity contribution in [3.63, 3.8) is 0 Å². The third-order valence-electron chi connectivity index (χ3n) is 2.16. The number of halogens is 2. The molecule has 14 heavy (non-hydrogen) atoms. The van der Waals surface area contributed by atoms with Gasteiger partial charge in [-0.25, -0.2) is 4.79 Å². The zero-order valence-corrected chi connectivity index (χ0v) is 11.6. The van der Waals surface area contributed by atoms with Crippen molar-refractivity contribution in [1.29, 1.82) is 0 Å². The Balaban J connectivity index is 2.92. The van der Waals surface area contributed by atoms with Gasteiger partial charge in [0.05, 0.1) is 20.1 Å². The molecule has 5 heteroatoms. The molecular weight excluding hydrogens is 406 g/mol. The van der Waals surface area contributed by atoms with Crippen LogP contribution in [0, 0.1) is 0 Å². The predicted molar refractivity (Wildman–Crippen MR) is 74.2 cm³/mol. The largest absolute Gasteiger partial charge is 0.330 e. The van der Waals surface area contributed by atoms with E-state index in [1.807, 2.05) is 24.3 Å². The van der Waals surface area contributed by atoms with Crippen molar-refractivity contribution < 1.29 is 0 Å². The van der Waals surface area contributed by atoms with Crippen LogP contribution in [-0.2, 0) is 9.10 Å². The van der Waals surface area contributed by atoms with Gasteiger partial charge < -0.3 is 0 Å². The summed E-state index contributed by atoms with van der Waals surface area (Å²) in [5.41, 5.74) is 2.11. The molecule has 0 aliphatic rings. The van der Waals surface area contributed by atoms with Gasteiger partial charge in [-0.05, 0) is 12.1 Å². The van der Waals surface area contributed by atoms with Crippen molar-refractivity contribution in [2.45, 2.75) is 9.10 Å². The Bertz CT molecular complexity index is 471. The van der Waals surface area contributed by atoms with E-state index in [1.165, 1.54) is 0 Å². The standard InChI is InChI=1S/C9H8I2N2O/c10-5-12-7-3-1-2-4-8(7)13(6-11)9(12)14/h1-4H,5-6H2. The van der Waals surface area contributed by atoms with Crippen LogP contribution in [0.4, 0.5) is 0 Å². The lowest BCUT2D eigenvalue weighted by atomic mass is 10.3. The van der Waals surface area contributed by atoms with E-state index in [-0.39, 0.29) is 5.69 Å². The number of rotatable bonds is 2. The minimum atomic E-state index is 0.0787. The van der Waals surface area contributed by atoms with Gasteiger partial charge in [-0.1, -0.05) is 57.3 Å². The predicted octanol–water partition coefficient (Wildman–Crippen LogP) is 2.59. The Morgan fingerprint density at radius 1 is 1.00 bits per heavy atom. The Hall–Kier alpha value is -0.0500. The molecule has 0 radical (unpaired) electrons. The zero-order chi connectivity index (χ0) is 10.1. The Labute approximate surface area is 108 Å². The summed E-state index contributed by atoms with van der Waals surface area (Å²) in [6, 6.07) is 7.89. The van der Waals surface area contributed by atoms with E-state index < -0.39 is 0 Å². The van der Waals surface area contributed by atoms with Crippen LogP contribution >= 0.6 is 45.2 Å². The van der Waals surface area contributed by atoms with E-state index in [4.69, 9.17) is 0 Å². The highest BCUT2D eigenvalue weighted by Gasteiger charge is 2.09. The molecule has 2 aromatic rings. The molecule has 0 N–H and O–H groups in total. The van der Waals surface area contributed by atoms with Gasteiger partial charge >= 0.3 is 5.69 Å². The highest BCUT2D eigenvalue weighted by molar-refractivity contribution is 14.1. The minimum Gasteiger partial charge on any atom is -0.282 e. The average Bonchev–Trinajstić information content (AvgIpc) is 2.49. The van der Waals surface area contributed by atoms with Gasteiger partial charge in [-0.15, -0.1) is 0 Å². The summed E-state index contributed by atoms with van der Waals surface area (Å²) >= 11 is 4.41. The molecule has 1 heterocycles. The molecular formula is C9H8I2N2O. The van der Waals surface area contributed by atoms with E-state index >= 15 is 0 Å². The van der Waals surface area contributed by atoms with Gasteiger partial charge in [0.25, 0.3) is 0 Å². The Morgan fingerprint density at radius 3 is 1.79 bits per heavy atom. The fourth-order valence-electron chi connectivity index (χ4n) is 1.50. The maximum Gasteiger partial charge on any atom is 0.330 e. The van der Waals surface area contributed by atoms with E-state index in [2.05, 4.69) is 45.2 Å². The molecule has 1 aromatic heterocycles. The number of hydrogen-bond acceptors (Lipinski definition) is 1. The first-order chi connectivity index (χ1) is 6.79. The second kappa shape index (κ2) is 4.21. The maximum atomic E-state index is 11.9. The van der Waals surface area contributed by atoms with E-state index in [9.17, 15) is 4.79 Å². The van der Waals surface area contributed by atoms with E-state index in [1.54, 1.807) is 9.13 Å². The SMILES string of the molecule is O=c1n(CI)c2ccccc2n1CI. The second-order valence-electron chi connectivity index (χ2n) is 2.87. The number of para-hydroxylation sites is 2. The molecule has 0 fully saturated rings. The first-order valence-electron chi connectivity index (χ1n) is 4.09. The van der Waals surface area contributed by atoms with Crippen molar-refractivity contribution in [3.05, 3.63) is 34.7 Å². The summed E-state index contributed by atoms with van der Waals surface area (Å²) in [4.78, 5) is 11.9. The van der Waals surface area contributed by atoms with Crippen LogP contribution in [0.3, 0.4) is 0 Å². The number of nitrogens with zero attached hydrogens (tertiary/aromatic N) is 2. The van der Waals surface area contributed by atoms with Crippen LogP contribution in [0.5, 0.6) is 0 Å². The average molecular weight is 414 g/mol. The highest BCUT2D eigenvalue weighted by atomic mass is 127. The summed E-state index contributed by atoms with van der Waals surface area (Å²) in [6.45, 7) is 0. The second-order valence-corrected chi connectivity index (χ2v) is 4.23. The van der Waals surface area contributed by atoms with Crippen LogP contribution < -0.4 is 5.69 Å². The van der Waals surface area contributed by atoms with E-state index in [0.29, 0.717) is 9.10 Å². The molecule has 0 saturated heterocycles. The Kier molecular flexibility index (Phi) is 3.15. The van der Waals surface area contributed by atoms with Crippen LogP contribution in [-0.4, -0.2) is 9.13 Å². The smallest absolute Gasteiger partial charge is 0.282 e. The van der Waals surface area contributed by atoms with Crippen LogP contribution in [0.1, 0.15) is 0 Å². The third kappa shape index (κ3) is 1.50. The molecule has 0 amide bonds. The number of imidazole rings is 1. The summed E-state index contributed by atoms with van der Waals surface area (Å²) in [6.07, 6.45) is 0. The molecule has 0 saturated carbocycles. The van der Waals surface area contributed by atoms with Gasteiger partial charge in [0.15, 0.2) is 0 Å². The number of alkyl halides is 2. The summed E-state index contributed by atoms with van der Waals surface area (Å²) < 4.78 is 4.96. The molecule has 0 atom stereocenters. The van der Waals surface area contributed by atoms with E-state index in [0.717, 1.165) is 11.0 Å². The number of hydrogen-bond donors (Lipinski definition) is 0. The van der Waals surface area contributed by atoms with Gasteiger partial charge in [0.1, 0.15) is 0 Å². The summed E-state index contributed by atoms with van der Waals surface area (Å²) in [5, 5.41) is 0. The molecule has 1 aromatic carbocycles. The first kappa shape index (κ1) is 10.5. The number of benzene rings is 1. The van der Waals surface area contributed by atoms with Crippen molar-refractivity contribution in [3.8, 4) is 0 Å². The van der Waals surface area contributed by atoms with Crippen LogP contribution in [0.2, 0.25) is 0 Å².